The van der Waals surface area contributed by atoms with Gasteiger partial charge in [-0.05, 0) is 37.5 Å². The molecule has 4 N–H and O–H groups in total. The highest BCUT2D eigenvalue weighted by Crippen LogP contribution is 2.40. The summed E-state index contributed by atoms with van der Waals surface area (Å²) >= 11 is 1.37. The molecule has 21 heavy (non-hydrogen) atoms. The minimum absolute atomic E-state index is 0.0754. The lowest BCUT2D eigenvalue weighted by Crippen LogP contribution is -2.35. The van der Waals surface area contributed by atoms with E-state index in [0.29, 0.717) is 22.2 Å². The number of amides is 1. The van der Waals surface area contributed by atoms with Crippen LogP contribution in [0.5, 0.6) is 0 Å². The number of carbonyl (C=O) groups is 1. The van der Waals surface area contributed by atoms with Crippen LogP contribution >= 0.6 is 11.3 Å². The third kappa shape index (κ3) is 3.31. The van der Waals surface area contributed by atoms with Crippen LogP contribution in [0.15, 0.2) is 0 Å². The molecule has 0 saturated heterocycles. The molecule has 1 aromatic heterocycles. The molecule has 3 rings (SSSR count). The zero-order valence-corrected chi connectivity index (χ0v) is 13.4. The van der Waals surface area contributed by atoms with E-state index in [0.717, 1.165) is 18.1 Å². The topological polar surface area (TPSA) is 80.0 Å². The van der Waals surface area contributed by atoms with Crippen molar-refractivity contribution in [2.75, 3.05) is 17.6 Å². The van der Waals surface area contributed by atoms with Gasteiger partial charge in [0.15, 0.2) is 5.13 Å². The van der Waals surface area contributed by atoms with Crippen molar-refractivity contribution in [3.05, 3.63) is 4.88 Å². The van der Waals surface area contributed by atoms with E-state index < -0.39 is 0 Å². The monoisotopic (exact) mass is 308 g/mol. The van der Waals surface area contributed by atoms with Crippen LogP contribution in [0, 0.1) is 5.41 Å². The molecule has 0 aliphatic heterocycles. The maximum atomic E-state index is 12.3. The van der Waals surface area contributed by atoms with Gasteiger partial charge < -0.3 is 16.4 Å². The Morgan fingerprint density at radius 3 is 2.76 bits per heavy atom. The van der Waals surface area contributed by atoms with Crippen molar-refractivity contribution < 1.29 is 4.79 Å². The molecule has 0 atom stereocenters. The van der Waals surface area contributed by atoms with Crippen molar-refractivity contribution in [3.63, 3.8) is 0 Å². The fourth-order valence-corrected chi connectivity index (χ4v) is 3.97. The lowest BCUT2D eigenvalue weighted by atomic mass is 9.83. The molecule has 6 heteroatoms. The number of nitrogens with zero attached hydrogens (tertiary/aromatic N) is 1. The Bertz CT molecular complexity index is 518. The van der Waals surface area contributed by atoms with Gasteiger partial charge in [-0.3, -0.25) is 4.79 Å². The first-order valence-electron chi connectivity index (χ1n) is 7.93. The quantitative estimate of drug-likeness (QED) is 0.754. The number of anilines is 2. The van der Waals surface area contributed by atoms with Gasteiger partial charge in [0.1, 0.15) is 10.7 Å². The number of aromatic nitrogens is 1. The standard InChI is InChI=1S/C15H24N4OS/c1-2-15(7-3-4-8-15)9-17-13(20)11-12(16)19-14(21-11)18-10-5-6-10/h10H,2-9,16H2,1H3,(H,17,20)(H,18,19). The first-order valence-corrected chi connectivity index (χ1v) is 8.74. The summed E-state index contributed by atoms with van der Waals surface area (Å²) in [5, 5.41) is 7.14. The molecule has 0 unspecified atom stereocenters. The minimum atomic E-state index is -0.0754. The fourth-order valence-electron chi connectivity index (χ4n) is 3.09. The van der Waals surface area contributed by atoms with Crippen LogP contribution in [-0.2, 0) is 0 Å². The van der Waals surface area contributed by atoms with Gasteiger partial charge in [0.25, 0.3) is 5.91 Å². The lowest BCUT2D eigenvalue weighted by Gasteiger charge is -2.27. The van der Waals surface area contributed by atoms with Crippen molar-refractivity contribution >= 4 is 28.2 Å². The van der Waals surface area contributed by atoms with Crippen LogP contribution in [0.25, 0.3) is 0 Å². The number of nitrogens with two attached hydrogens (primary N) is 1. The van der Waals surface area contributed by atoms with Gasteiger partial charge in [0.2, 0.25) is 0 Å². The molecule has 2 fully saturated rings. The van der Waals surface area contributed by atoms with Crippen molar-refractivity contribution in [1.29, 1.82) is 0 Å². The predicted octanol–water partition coefficient (Wildman–Crippen LogP) is 3.00. The lowest BCUT2D eigenvalue weighted by molar-refractivity contribution is 0.0933. The van der Waals surface area contributed by atoms with E-state index in [9.17, 15) is 4.79 Å². The molecule has 1 amide bonds. The Hall–Kier alpha value is -1.30. The van der Waals surface area contributed by atoms with Crippen LogP contribution in [0.4, 0.5) is 10.9 Å². The van der Waals surface area contributed by atoms with Crippen LogP contribution in [0.1, 0.15) is 61.5 Å². The number of carbonyl (C=O) groups excluding carboxylic acids is 1. The van der Waals surface area contributed by atoms with E-state index in [-0.39, 0.29) is 5.91 Å². The second-order valence-electron chi connectivity index (χ2n) is 6.40. The summed E-state index contributed by atoms with van der Waals surface area (Å²) in [6.07, 6.45) is 8.48. The number of rotatable bonds is 6. The number of nitrogen functional groups attached to an aromatic ring is 1. The molecular formula is C15H24N4OS. The summed E-state index contributed by atoms with van der Waals surface area (Å²) in [5.74, 6) is 0.270. The van der Waals surface area contributed by atoms with Crippen molar-refractivity contribution in [1.82, 2.24) is 10.3 Å². The van der Waals surface area contributed by atoms with Crippen LogP contribution in [-0.4, -0.2) is 23.5 Å². The molecule has 2 aliphatic carbocycles. The Balaban J connectivity index is 1.60. The Morgan fingerprint density at radius 2 is 2.14 bits per heavy atom. The predicted molar refractivity (Wildman–Crippen MR) is 86.7 cm³/mol. The zero-order valence-electron chi connectivity index (χ0n) is 12.6. The second kappa shape index (κ2) is 5.83. The summed E-state index contributed by atoms with van der Waals surface area (Å²) in [4.78, 5) is 17.1. The van der Waals surface area contributed by atoms with Gasteiger partial charge in [0, 0.05) is 12.6 Å². The highest BCUT2D eigenvalue weighted by molar-refractivity contribution is 7.18. The first-order chi connectivity index (χ1) is 10.1. The molecule has 2 aliphatic rings. The van der Waals surface area contributed by atoms with Gasteiger partial charge in [-0.25, -0.2) is 4.98 Å². The highest BCUT2D eigenvalue weighted by atomic mass is 32.1. The van der Waals surface area contributed by atoms with Gasteiger partial charge in [-0.1, -0.05) is 31.1 Å². The molecule has 0 bridgehead atoms. The number of thiazole rings is 1. The number of nitrogens with one attached hydrogen (secondary N) is 2. The van der Waals surface area contributed by atoms with Crippen molar-refractivity contribution in [2.24, 2.45) is 5.41 Å². The molecule has 1 heterocycles. The SMILES string of the molecule is CCC1(CNC(=O)c2sc(NC3CC3)nc2N)CCCC1. The molecule has 0 spiro atoms. The summed E-state index contributed by atoms with van der Waals surface area (Å²) in [6, 6.07) is 0.522. The molecule has 0 radical (unpaired) electrons. The molecule has 116 valence electrons. The van der Waals surface area contributed by atoms with E-state index in [4.69, 9.17) is 5.73 Å². The highest BCUT2D eigenvalue weighted by Gasteiger charge is 2.32. The van der Waals surface area contributed by atoms with E-state index in [1.807, 2.05) is 0 Å². The smallest absolute Gasteiger partial charge is 0.265 e. The average molecular weight is 308 g/mol. The van der Waals surface area contributed by atoms with Gasteiger partial charge in [-0.15, -0.1) is 0 Å². The largest absolute Gasteiger partial charge is 0.382 e. The van der Waals surface area contributed by atoms with Crippen molar-refractivity contribution in [2.45, 2.75) is 57.9 Å². The maximum Gasteiger partial charge on any atom is 0.265 e. The van der Waals surface area contributed by atoms with E-state index in [1.54, 1.807) is 0 Å². The van der Waals surface area contributed by atoms with E-state index in [1.165, 1.54) is 49.9 Å². The molecule has 5 nitrogen and oxygen atoms in total. The Morgan fingerprint density at radius 1 is 1.43 bits per heavy atom. The Kier molecular flexibility index (Phi) is 4.06. The molecular weight excluding hydrogens is 284 g/mol. The van der Waals surface area contributed by atoms with Gasteiger partial charge >= 0.3 is 0 Å². The molecule has 2 saturated carbocycles. The third-order valence-corrected chi connectivity index (χ3v) is 5.80. The van der Waals surface area contributed by atoms with E-state index >= 15 is 0 Å². The maximum absolute atomic E-state index is 12.3. The summed E-state index contributed by atoms with van der Waals surface area (Å²) < 4.78 is 0. The molecule has 0 aromatic carbocycles. The summed E-state index contributed by atoms with van der Waals surface area (Å²) in [7, 11) is 0. The van der Waals surface area contributed by atoms with Crippen LogP contribution < -0.4 is 16.4 Å². The van der Waals surface area contributed by atoms with Gasteiger partial charge in [0.05, 0.1) is 0 Å². The van der Waals surface area contributed by atoms with Crippen LogP contribution in [0.3, 0.4) is 0 Å². The number of hydrogen-bond donors (Lipinski definition) is 3. The second-order valence-corrected chi connectivity index (χ2v) is 7.39. The third-order valence-electron chi connectivity index (χ3n) is 4.80. The van der Waals surface area contributed by atoms with Gasteiger partial charge in [-0.2, -0.15) is 0 Å². The Labute approximate surface area is 129 Å². The number of hydrogen-bond acceptors (Lipinski definition) is 5. The normalized spacial score (nSPS) is 20.4. The van der Waals surface area contributed by atoms with Crippen molar-refractivity contribution in [3.8, 4) is 0 Å². The molecule has 1 aromatic rings. The fraction of sp³-hybridized carbons (Fsp3) is 0.733. The average Bonchev–Trinajstić information content (AvgIpc) is 3.02. The summed E-state index contributed by atoms with van der Waals surface area (Å²) in [6.45, 7) is 2.97. The summed E-state index contributed by atoms with van der Waals surface area (Å²) in [5.41, 5.74) is 6.18. The van der Waals surface area contributed by atoms with Crippen LogP contribution in [0.2, 0.25) is 0 Å². The zero-order chi connectivity index (χ0) is 14.9. The van der Waals surface area contributed by atoms with E-state index in [2.05, 4.69) is 22.5 Å². The minimum Gasteiger partial charge on any atom is -0.382 e. The first kappa shape index (κ1) is 14.6.